The monoisotopic (exact) mass is 280 g/mol. The van der Waals surface area contributed by atoms with Gasteiger partial charge in [0, 0.05) is 26.7 Å². The lowest BCUT2D eigenvalue weighted by atomic mass is 10.3. The molecule has 108 valence electrons. The molecule has 0 radical (unpaired) electrons. The van der Waals surface area contributed by atoms with Crippen molar-refractivity contribution in [2.75, 3.05) is 33.8 Å². The van der Waals surface area contributed by atoms with Crippen LogP contribution in [0.15, 0.2) is 0 Å². The zero-order chi connectivity index (χ0) is 14.2. The summed E-state index contributed by atoms with van der Waals surface area (Å²) in [7, 11) is -0.701. The van der Waals surface area contributed by atoms with Crippen LogP contribution in [-0.2, 0) is 19.7 Å². The van der Waals surface area contributed by atoms with E-state index in [1.54, 1.807) is 6.92 Å². The highest BCUT2D eigenvalue weighted by molar-refractivity contribution is 7.86. The number of carbonyl (C=O) groups is 1. The van der Waals surface area contributed by atoms with E-state index in [-0.39, 0.29) is 13.0 Å². The third-order valence-electron chi connectivity index (χ3n) is 2.69. The van der Waals surface area contributed by atoms with Crippen LogP contribution in [0.2, 0.25) is 0 Å². The molecular weight excluding hydrogens is 256 g/mol. The number of methoxy groups -OCH3 is 1. The zero-order valence-corrected chi connectivity index (χ0v) is 12.5. The van der Waals surface area contributed by atoms with Crippen molar-refractivity contribution in [3.8, 4) is 0 Å². The Morgan fingerprint density at radius 1 is 1.22 bits per heavy atom. The van der Waals surface area contributed by atoms with Crippen molar-refractivity contribution in [1.82, 2.24) is 8.61 Å². The first-order valence-electron chi connectivity index (χ1n) is 6.18. The zero-order valence-electron chi connectivity index (χ0n) is 11.7. The van der Waals surface area contributed by atoms with Crippen LogP contribution in [-0.4, -0.2) is 56.8 Å². The van der Waals surface area contributed by atoms with Crippen LogP contribution >= 0.6 is 0 Å². The van der Waals surface area contributed by atoms with Crippen LogP contribution in [0.25, 0.3) is 0 Å². The lowest BCUT2D eigenvalue weighted by Gasteiger charge is -2.26. The summed E-state index contributed by atoms with van der Waals surface area (Å²) < 4.78 is 31.4. The SMILES string of the molecule is CCCCN(CC)S(=O)(=O)N(C)CCC(=O)OC. The highest BCUT2D eigenvalue weighted by Gasteiger charge is 2.25. The Bertz CT molecular complexity index is 343. The summed E-state index contributed by atoms with van der Waals surface area (Å²) in [6, 6.07) is 0. The Labute approximate surface area is 110 Å². The molecule has 0 aromatic rings. The van der Waals surface area contributed by atoms with E-state index in [2.05, 4.69) is 4.74 Å². The first-order chi connectivity index (χ1) is 8.39. The molecule has 0 aliphatic heterocycles. The molecule has 7 heteroatoms. The van der Waals surface area contributed by atoms with Gasteiger partial charge in [-0.25, -0.2) is 0 Å². The maximum Gasteiger partial charge on any atom is 0.306 e. The standard InChI is InChI=1S/C11H24N2O4S/c1-5-7-9-13(6-2)18(15,16)12(3)10-8-11(14)17-4/h5-10H2,1-4H3. The van der Waals surface area contributed by atoms with Gasteiger partial charge in [0.15, 0.2) is 0 Å². The summed E-state index contributed by atoms with van der Waals surface area (Å²) in [5, 5.41) is 0. The predicted molar refractivity (Wildman–Crippen MR) is 70.3 cm³/mol. The van der Waals surface area contributed by atoms with Gasteiger partial charge < -0.3 is 4.74 Å². The van der Waals surface area contributed by atoms with Crippen LogP contribution < -0.4 is 0 Å². The molecule has 0 aromatic heterocycles. The Hall–Kier alpha value is -0.660. The molecule has 0 saturated carbocycles. The predicted octanol–water partition coefficient (Wildman–Crippen LogP) is 0.848. The molecule has 0 amide bonds. The molecule has 0 atom stereocenters. The first-order valence-corrected chi connectivity index (χ1v) is 7.58. The highest BCUT2D eigenvalue weighted by Crippen LogP contribution is 2.08. The lowest BCUT2D eigenvalue weighted by Crippen LogP contribution is -2.43. The number of carbonyl (C=O) groups excluding carboxylic acids is 1. The first kappa shape index (κ1) is 17.3. The minimum absolute atomic E-state index is 0.0670. The number of unbranched alkanes of at least 4 members (excludes halogenated alkanes) is 1. The fraction of sp³-hybridized carbons (Fsp3) is 0.909. The fourth-order valence-electron chi connectivity index (χ4n) is 1.43. The van der Waals surface area contributed by atoms with Gasteiger partial charge >= 0.3 is 5.97 Å². The second-order valence-electron chi connectivity index (χ2n) is 4.00. The van der Waals surface area contributed by atoms with E-state index in [1.807, 2.05) is 6.92 Å². The Morgan fingerprint density at radius 2 is 1.83 bits per heavy atom. The van der Waals surface area contributed by atoms with Crippen molar-refractivity contribution >= 4 is 16.2 Å². The van der Waals surface area contributed by atoms with Crippen LogP contribution in [0.5, 0.6) is 0 Å². The van der Waals surface area contributed by atoms with Gasteiger partial charge in [0.25, 0.3) is 10.2 Å². The maximum absolute atomic E-state index is 12.2. The molecule has 0 N–H and O–H groups in total. The summed E-state index contributed by atoms with van der Waals surface area (Å²) in [4.78, 5) is 11.0. The quantitative estimate of drug-likeness (QED) is 0.587. The Balaban J connectivity index is 4.52. The average molecular weight is 280 g/mol. The second kappa shape index (κ2) is 8.44. The molecule has 0 bridgehead atoms. The molecule has 0 fully saturated rings. The molecule has 6 nitrogen and oxygen atoms in total. The molecular formula is C11H24N2O4S. The van der Waals surface area contributed by atoms with E-state index in [1.165, 1.54) is 22.8 Å². The lowest BCUT2D eigenvalue weighted by molar-refractivity contribution is -0.140. The van der Waals surface area contributed by atoms with Gasteiger partial charge in [0.2, 0.25) is 0 Å². The topological polar surface area (TPSA) is 66.9 Å². The van der Waals surface area contributed by atoms with Gasteiger partial charge in [0.05, 0.1) is 13.5 Å². The number of nitrogens with zero attached hydrogens (tertiary/aromatic N) is 2. The summed E-state index contributed by atoms with van der Waals surface area (Å²) in [6.07, 6.45) is 1.84. The van der Waals surface area contributed by atoms with Gasteiger partial charge in [-0.15, -0.1) is 0 Å². The minimum Gasteiger partial charge on any atom is -0.469 e. The smallest absolute Gasteiger partial charge is 0.306 e. The molecule has 0 rings (SSSR count). The number of ether oxygens (including phenoxy) is 1. The van der Waals surface area contributed by atoms with Crippen LogP contribution in [0, 0.1) is 0 Å². The summed E-state index contributed by atoms with van der Waals surface area (Å²) >= 11 is 0. The van der Waals surface area contributed by atoms with Crippen molar-refractivity contribution in [2.45, 2.75) is 33.1 Å². The fourth-order valence-corrected chi connectivity index (χ4v) is 2.84. The third-order valence-corrected chi connectivity index (χ3v) is 4.76. The second-order valence-corrected chi connectivity index (χ2v) is 6.04. The number of esters is 1. The van der Waals surface area contributed by atoms with E-state index < -0.39 is 16.2 Å². The van der Waals surface area contributed by atoms with Gasteiger partial charge in [-0.1, -0.05) is 20.3 Å². The highest BCUT2D eigenvalue weighted by atomic mass is 32.2. The average Bonchev–Trinajstić information content (AvgIpc) is 2.35. The molecule has 0 aliphatic carbocycles. The number of hydrogen-bond donors (Lipinski definition) is 0. The van der Waals surface area contributed by atoms with Gasteiger partial charge in [-0.3, -0.25) is 4.79 Å². The van der Waals surface area contributed by atoms with E-state index in [0.717, 1.165) is 12.8 Å². The molecule has 18 heavy (non-hydrogen) atoms. The van der Waals surface area contributed by atoms with Crippen LogP contribution in [0.4, 0.5) is 0 Å². The Kier molecular flexibility index (Phi) is 8.13. The van der Waals surface area contributed by atoms with Crippen molar-refractivity contribution in [3.63, 3.8) is 0 Å². The van der Waals surface area contributed by atoms with E-state index in [9.17, 15) is 13.2 Å². The van der Waals surface area contributed by atoms with E-state index >= 15 is 0 Å². The molecule has 0 spiro atoms. The molecule has 0 saturated heterocycles. The van der Waals surface area contributed by atoms with E-state index in [4.69, 9.17) is 0 Å². The van der Waals surface area contributed by atoms with Crippen molar-refractivity contribution in [1.29, 1.82) is 0 Å². The van der Waals surface area contributed by atoms with Crippen molar-refractivity contribution < 1.29 is 17.9 Å². The van der Waals surface area contributed by atoms with E-state index in [0.29, 0.717) is 13.1 Å². The molecule has 0 unspecified atom stereocenters. The summed E-state index contributed by atoms with van der Waals surface area (Å²) in [5.41, 5.74) is 0. The number of rotatable bonds is 9. The normalized spacial score (nSPS) is 12.1. The molecule has 0 heterocycles. The molecule has 0 aromatic carbocycles. The van der Waals surface area contributed by atoms with Crippen LogP contribution in [0.1, 0.15) is 33.1 Å². The van der Waals surface area contributed by atoms with Crippen molar-refractivity contribution in [3.05, 3.63) is 0 Å². The third kappa shape index (κ3) is 5.32. The summed E-state index contributed by atoms with van der Waals surface area (Å²) in [6.45, 7) is 4.91. The largest absolute Gasteiger partial charge is 0.469 e. The Morgan fingerprint density at radius 3 is 2.28 bits per heavy atom. The van der Waals surface area contributed by atoms with Crippen LogP contribution in [0.3, 0.4) is 0 Å². The summed E-state index contributed by atoms with van der Waals surface area (Å²) in [5.74, 6) is -0.409. The van der Waals surface area contributed by atoms with Gasteiger partial charge in [0.1, 0.15) is 0 Å². The minimum atomic E-state index is -3.47. The number of hydrogen-bond acceptors (Lipinski definition) is 4. The van der Waals surface area contributed by atoms with Gasteiger partial charge in [-0.05, 0) is 6.42 Å². The van der Waals surface area contributed by atoms with Gasteiger partial charge in [-0.2, -0.15) is 17.0 Å². The molecule has 0 aliphatic rings. The maximum atomic E-state index is 12.2. The van der Waals surface area contributed by atoms with Crippen molar-refractivity contribution in [2.24, 2.45) is 0 Å².